The van der Waals surface area contributed by atoms with Gasteiger partial charge in [-0.25, -0.2) is 8.42 Å². The molecule has 32 heavy (non-hydrogen) atoms. The van der Waals surface area contributed by atoms with Crippen LogP contribution in [0.4, 0.5) is 11.4 Å². The normalized spacial score (nSPS) is 14.7. The van der Waals surface area contributed by atoms with Crippen molar-refractivity contribution in [3.63, 3.8) is 0 Å². The smallest absolute Gasteiger partial charge is 0.313 e. The van der Waals surface area contributed by atoms with Crippen molar-refractivity contribution in [3.05, 3.63) is 47.5 Å². The van der Waals surface area contributed by atoms with E-state index in [1.807, 2.05) is 12.1 Å². The molecule has 1 heterocycles. The number of carbonyl (C=O) groups is 2. The molecule has 2 amide bonds. The summed E-state index contributed by atoms with van der Waals surface area (Å²) in [5, 5.41) is 5.16. The molecule has 172 valence electrons. The van der Waals surface area contributed by atoms with Crippen LogP contribution < -0.4 is 24.4 Å². The molecule has 0 aliphatic carbocycles. The fourth-order valence-corrected chi connectivity index (χ4v) is 5.00. The first-order valence-electron chi connectivity index (χ1n) is 10.2. The summed E-state index contributed by atoms with van der Waals surface area (Å²) >= 11 is 0. The number of sulfonamides is 1. The summed E-state index contributed by atoms with van der Waals surface area (Å²) in [6.07, 6.45) is 1.06. The molecular weight excluding hydrogens is 434 g/mol. The molecule has 3 rings (SSSR count). The van der Waals surface area contributed by atoms with Gasteiger partial charge in [0.15, 0.2) is 11.5 Å². The fourth-order valence-electron chi connectivity index (χ4n) is 3.45. The van der Waals surface area contributed by atoms with Crippen LogP contribution in [0.5, 0.6) is 11.5 Å². The van der Waals surface area contributed by atoms with Crippen molar-refractivity contribution in [3.8, 4) is 11.5 Å². The summed E-state index contributed by atoms with van der Waals surface area (Å²) in [4.78, 5) is 24.6. The average Bonchev–Trinajstić information content (AvgIpc) is 3.13. The number of carbonyl (C=O) groups excluding carboxylic acids is 2. The summed E-state index contributed by atoms with van der Waals surface area (Å²) in [6, 6.07) is 10.4. The van der Waals surface area contributed by atoms with Crippen molar-refractivity contribution in [1.29, 1.82) is 0 Å². The molecule has 9 nitrogen and oxygen atoms in total. The van der Waals surface area contributed by atoms with Crippen LogP contribution in [0.2, 0.25) is 0 Å². The number of nitrogens with one attached hydrogen (secondary N) is 2. The Bertz CT molecular complexity index is 1120. The average molecular weight is 462 g/mol. The molecule has 0 atom stereocenters. The van der Waals surface area contributed by atoms with E-state index in [0.717, 1.165) is 11.1 Å². The van der Waals surface area contributed by atoms with Crippen LogP contribution in [-0.2, 0) is 26.0 Å². The number of anilines is 2. The molecule has 2 aromatic carbocycles. The van der Waals surface area contributed by atoms with Gasteiger partial charge in [0.05, 0.1) is 25.7 Å². The largest absolute Gasteiger partial charge is 0.493 e. The summed E-state index contributed by atoms with van der Waals surface area (Å²) < 4.78 is 36.1. The highest BCUT2D eigenvalue weighted by Gasteiger charge is 2.29. The van der Waals surface area contributed by atoms with Gasteiger partial charge in [0.1, 0.15) is 0 Å². The maximum absolute atomic E-state index is 12.4. The molecule has 0 bridgehead atoms. The molecule has 10 heteroatoms. The lowest BCUT2D eigenvalue weighted by atomic mass is 10.1. The van der Waals surface area contributed by atoms with Crippen molar-refractivity contribution in [2.24, 2.45) is 0 Å². The Morgan fingerprint density at radius 2 is 1.78 bits per heavy atom. The molecule has 2 N–H and O–H groups in total. The fraction of sp³-hybridized carbons (Fsp3) is 0.364. The van der Waals surface area contributed by atoms with Crippen molar-refractivity contribution in [2.45, 2.75) is 19.8 Å². The first-order chi connectivity index (χ1) is 15.2. The highest BCUT2D eigenvalue weighted by molar-refractivity contribution is 7.93. The minimum atomic E-state index is -3.34. The van der Waals surface area contributed by atoms with Crippen molar-refractivity contribution < 1.29 is 27.5 Å². The van der Waals surface area contributed by atoms with E-state index in [4.69, 9.17) is 9.47 Å². The summed E-state index contributed by atoms with van der Waals surface area (Å²) in [6.45, 7) is 2.43. The number of amides is 2. The Kier molecular flexibility index (Phi) is 7.24. The Balaban J connectivity index is 1.59. The minimum absolute atomic E-state index is 0.102. The summed E-state index contributed by atoms with van der Waals surface area (Å²) in [5.41, 5.74) is 2.50. The Labute approximate surface area is 187 Å². The van der Waals surface area contributed by atoms with Gasteiger partial charge in [-0.2, -0.15) is 0 Å². The Hall–Kier alpha value is -3.27. The SMILES string of the molecule is COc1ccc(CCNC(=O)C(=O)Nc2cc(N3CCCS3(=O)=O)ccc2C)cc1OC. The zero-order valence-corrected chi connectivity index (χ0v) is 19.1. The Morgan fingerprint density at radius 3 is 2.44 bits per heavy atom. The van der Waals surface area contributed by atoms with Crippen molar-refractivity contribution in [1.82, 2.24) is 5.32 Å². The minimum Gasteiger partial charge on any atom is -0.493 e. The van der Waals surface area contributed by atoms with Gasteiger partial charge in [-0.05, 0) is 55.2 Å². The monoisotopic (exact) mass is 461 g/mol. The van der Waals surface area contributed by atoms with Gasteiger partial charge in [0, 0.05) is 18.8 Å². The molecule has 0 aromatic heterocycles. The third-order valence-corrected chi connectivity index (χ3v) is 7.08. The Morgan fingerprint density at radius 1 is 1.03 bits per heavy atom. The van der Waals surface area contributed by atoms with Gasteiger partial charge in [-0.15, -0.1) is 0 Å². The van der Waals surface area contributed by atoms with Crippen LogP contribution in [0, 0.1) is 6.92 Å². The predicted octanol–water partition coefficient (Wildman–Crippen LogP) is 1.85. The first kappa shape index (κ1) is 23.4. The lowest BCUT2D eigenvalue weighted by Crippen LogP contribution is -2.36. The maximum atomic E-state index is 12.4. The van der Waals surface area contributed by atoms with Gasteiger partial charge in [-0.3, -0.25) is 13.9 Å². The van der Waals surface area contributed by atoms with E-state index >= 15 is 0 Å². The summed E-state index contributed by atoms with van der Waals surface area (Å²) in [5.74, 6) is -0.292. The van der Waals surface area contributed by atoms with E-state index in [1.165, 1.54) is 4.31 Å². The number of ether oxygens (including phenoxy) is 2. The van der Waals surface area contributed by atoms with Gasteiger partial charge in [0.2, 0.25) is 10.0 Å². The topological polar surface area (TPSA) is 114 Å². The predicted molar refractivity (Wildman–Crippen MR) is 122 cm³/mol. The first-order valence-corrected chi connectivity index (χ1v) is 11.8. The third kappa shape index (κ3) is 5.31. The van der Waals surface area contributed by atoms with Crippen LogP contribution in [0.3, 0.4) is 0 Å². The molecular formula is C22H27N3O6S. The third-order valence-electron chi connectivity index (χ3n) is 5.21. The molecule has 0 spiro atoms. The number of benzene rings is 2. The number of aryl methyl sites for hydroxylation is 1. The zero-order chi connectivity index (χ0) is 23.3. The number of nitrogens with zero attached hydrogens (tertiary/aromatic N) is 1. The quantitative estimate of drug-likeness (QED) is 0.609. The molecule has 0 saturated carbocycles. The second-order valence-electron chi connectivity index (χ2n) is 7.39. The van der Waals surface area contributed by atoms with Gasteiger partial charge in [-0.1, -0.05) is 12.1 Å². The van der Waals surface area contributed by atoms with E-state index in [1.54, 1.807) is 45.4 Å². The molecule has 1 fully saturated rings. The van der Waals surface area contributed by atoms with E-state index in [9.17, 15) is 18.0 Å². The van der Waals surface area contributed by atoms with Crippen LogP contribution >= 0.6 is 0 Å². The number of rotatable bonds is 7. The lowest BCUT2D eigenvalue weighted by molar-refractivity contribution is -0.136. The lowest BCUT2D eigenvalue weighted by Gasteiger charge is -2.19. The van der Waals surface area contributed by atoms with Gasteiger partial charge < -0.3 is 20.1 Å². The molecule has 0 unspecified atom stereocenters. The van der Waals surface area contributed by atoms with Crippen LogP contribution in [-0.4, -0.2) is 53.3 Å². The highest BCUT2D eigenvalue weighted by atomic mass is 32.2. The second-order valence-corrected chi connectivity index (χ2v) is 9.40. The number of hydrogen-bond acceptors (Lipinski definition) is 6. The van der Waals surface area contributed by atoms with Crippen molar-refractivity contribution >= 4 is 33.2 Å². The number of methoxy groups -OCH3 is 2. The second kappa shape index (κ2) is 9.90. The highest BCUT2D eigenvalue weighted by Crippen LogP contribution is 2.29. The molecule has 1 saturated heterocycles. The summed E-state index contributed by atoms with van der Waals surface area (Å²) in [7, 11) is -0.239. The van der Waals surface area contributed by atoms with Crippen LogP contribution in [0.1, 0.15) is 17.5 Å². The van der Waals surface area contributed by atoms with E-state index < -0.39 is 21.8 Å². The van der Waals surface area contributed by atoms with E-state index in [0.29, 0.717) is 42.3 Å². The molecule has 2 aromatic rings. The standard InChI is InChI=1S/C22H27N3O6S/c1-15-5-7-17(25-11-4-12-32(25,28)29)14-18(15)24-22(27)21(26)23-10-9-16-6-8-19(30-2)20(13-16)31-3/h5-8,13-14H,4,9-12H2,1-3H3,(H,23,26)(H,24,27). The van der Waals surface area contributed by atoms with E-state index in [2.05, 4.69) is 10.6 Å². The zero-order valence-electron chi connectivity index (χ0n) is 18.3. The molecule has 0 radical (unpaired) electrons. The van der Waals surface area contributed by atoms with Gasteiger partial charge in [0.25, 0.3) is 0 Å². The maximum Gasteiger partial charge on any atom is 0.313 e. The van der Waals surface area contributed by atoms with Crippen LogP contribution in [0.25, 0.3) is 0 Å². The van der Waals surface area contributed by atoms with Crippen molar-refractivity contribution in [2.75, 3.05) is 42.7 Å². The molecule has 1 aliphatic heterocycles. The van der Waals surface area contributed by atoms with E-state index in [-0.39, 0.29) is 12.3 Å². The van der Waals surface area contributed by atoms with Crippen LogP contribution in [0.15, 0.2) is 36.4 Å². The molecule has 1 aliphatic rings. The van der Waals surface area contributed by atoms with Gasteiger partial charge >= 0.3 is 11.8 Å². The number of hydrogen-bond donors (Lipinski definition) is 2.